The fraction of sp³-hybridized carbons (Fsp3) is 0.759. The van der Waals surface area contributed by atoms with Gasteiger partial charge in [-0.1, -0.05) is 103 Å². The van der Waals surface area contributed by atoms with Gasteiger partial charge in [-0.25, -0.2) is 0 Å². The highest BCUT2D eigenvalue weighted by Crippen LogP contribution is 2.28. The first-order valence-electron chi connectivity index (χ1n) is 14.0. The summed E-state index contributed by atoms with van der Waals surface area (Å²) < 4.78 is 5.65. The first kappa shape index (κ1) is 30.1. The van der Waals surface area contributed by atoms with Crippen LogP contribution in [0.15, 0.2) is 18.2 Å². The van der Waals surface area contributed by atoms with Crippen molar-refractivity contribution in [2.24, 2.45) is 0 Å². The third-order valence-electron chi connectivity index (χ3n) is 6.12. The summed E-state index contributed by atoms with van der Waals surface area (Å²) in [6.45, 7) is 6.92. The minimum Gasteiger partial charge on any atom is -0.508 e. The van der Waals surface area contributed by atoms with Crippen LogP contribution in [-0.4, -0.2) is 30.2 Å². The number of anilines is 1. The molecule has 0 spiro atoms. The number of amides is 1. The van der Waals surface area contributed by atoms with E-state index in [1.165, 1.54) is 96.3 Å². The summed E-state index contributed by atoms with van der Waals surface area (Å²) >= 11 is 0. The highest BCUT2D eigenvalue weighted by atomic mass is 16.5. The Labute approximate surface area is 209 Å². The molecule has 1 rings (SSSR count). The topological polar surface area (TPSA) is 70.6 Å². The minimum absolute atomic E-state index is 0.0311. The van der Waals surface area contributed by atoms with Crippen LogP contribution in [0.1, 0.15) is 124 Å². The number of ether oxygens (including phenoxy) is 1. The molecule has 0 saturated carbocycles. The number of aromatic hydroxyl groups is 1. The Hall–Kier alpha value is -1.91. The second kappa shape index (κ2) is 20.5. The van der Waals surface area contributed by atoms with Gasteiger partial charge in [0.15, 0.2) is 6.61 Å². The lowest BCUT2D eigenvalue weighted by Crippen LogP contribution is -2.34. The van der Waals surface area contributed by atoms with Gasteiger partial charge in [-0.3, -0.25) is 4.79 Å². The SMILES string of the molecule is CCCCCCCCCCCCCCCCCCNc1cc(O)ccc1OCC(=O)NC(C)C. The van der Waals surface area contributed by atoms with Gasteiger partial charge in [0.1, 0.15) is 11.5 Å². The number of hydrogen-bond acceptors (Lipinski definition) is 4. The van der Waals surface area contributed by atoms with Crippen molar-refractivity contribution in [1.82, 2.24) is 5.32 Å². The number of nitrogens with one attached hydrogen (secondary N) is 2. The number of carbonyl (C=O) groups is 1. The van der Waals surface area contributed by atoms with Gasteiger partial charge in [0.25, 0.3) is 5.91 Å². The van der Waals surface area contributed by atoms with Crippen LogP contribution in [-0.2, 0) is 4.79 Å². The van der Waals surface area contributed by atoms with E-state index < -0.39 is 0 Å². The summed E-state index contributed by atoms with van der Waals surface area (Å²) in [6.07, 6.45) is 21.7. The summed E-state index contributed by atoms with van der Waals surface area (Å²) in [7, 11) is 0. The average Bonchev–Trinajstić information content (AvgIpc) is 2.80. The number of phenolic OH excluding ortho intramolecular Hbond substituents is 1. The van der Waals surface area contributed by atoms with Gasteiger partial charge in [-0.2, -0.15) is 0 Å². The van der Waals surface area contributed by atoms with E-state index in [2.05, 4.69) is 17.6 Å². The lowest BCUT2D eigenvalue weighted by atomic mass is 10.0. The molecule has 34 heavy (non-hydrogen) atoms. The molecule has 1 amide bonds. The normalized spacial score (nSPS) is 11.1. The van der Waals surface area contributed by atoms with E-state index in [0.29, 0.717) is 5.75 Å². The second-order valence-electron chi connectivity index (χ2n) is 9.92. The number of phenols is 1. The number of benzene rings is 1. The maximum atomic E-state index is 11.8. The highest BCUT2D eigenvalue weighted by Gasteiger charge is 2.09. The summed E-state index contributed by atoms with van der Waals surface area (Å²) in [5.74, 6) is 0.633. The largest absolute Gasteiger partial charge is 0.508 e. The monoisotopic (exact) mass is 476 g/mol. The van der Waals surface area contributed by atoms with Gasteiger partial charge < -0.3 is 20.5 Å². The van der Waals surface area contributed by atoms with Crippen molar-refractivity contribution >= 4 is 11.6 Å². The van der Waals surface area contributed by atoms with Crippen molar-refractivity contribution in [3.05, 3.63) is 18.2 Å². The average molecular weight is 477 g/mol. The molecule has 3 N–H and O–H groups in total. The smallest absolute Gasteiger partial charge is 0.258 e. The summed E-state index contributed by atoms with van der Waals surface area (Å²) in [5, 5.41) is 16.0. The van der Waals surface area contributed by atoms with Crippen LogP contribution in [0.25, 0.3) is 0 Å². The summed E-state index contributed by atoms with van der Waals surface area (Å²) in [5.41, 5.74) is 0.735. The third kappa shape index (κ3) is 16.7. The molecule has 0 aliphatic carbocycles. The van der Waals surface area contributed by atoms with E-state index in [0.717, 1.165) is 18.7 Å². The van der Waals surface area contributed by atoms with Crippen LogP contribution in [0.4, 0.5) is 5.69 Å². The van der Waals surface area contributed by atoms with Crippen molar-refractivity contribution < 1.29 is 14.6 Å². The van der Waals surface area contributed by atoms with Gasteiger partial charge in [0, 0.05) is 18.7 Å². The molecule has 0 aliphatic heterocycles. The zero-order valence-electron chi connectivity index (χ0n) is 22.3. The maximum absolute atomic E-state index is 11.8. The molecule has 0 atom stereocenters. The van der Waals surface area contributed by atoms with Crippen LogP contribution in [0.3, 0.4) is 0 Å². The Morgan fingerprint density at radius 2 is 1.32 bits per heavy atom. The van der Waals surface area contributed by atoms with E-state index in [9.17, 15) is 9.90 Å². The lowest BCUT2D eigenvalue weighted by molar-refractivity contribution is -0.123. The fourth-order valence-corrected chi connectivity index (χ4v) is 4.19. The van der Waals surface area contributed by atoms with Gasteiger partial charge in [0.05, 0.1) is 5.69 Å². The Balaban J connectivity index is 2.02. The van der Waals surface area contributed by atoms with E-state index in [1.54, 1.807) is 18.2 Å². The summed E-state index contributed by atoms with van der Waals surface area (Å²) in [4.78, 5) is 11.8. The van der Waals surface area contributed by atoms with Crippen LogP contribution in [0.2, 0.25) is 0 Å². The zero-order chi connectivity index (χ0) is 24.9. The lowest BCUT2D eigenvalue weighted by Gasteiger charge is -2.14. The molecule has 0 aliphatic rings. The number of unbranched alkanes of at least 4 members (excludes halogenated alkanes) is 15. The molecule has 5 heteroatoms. The van der Waals surface area contributed by atoms with Gasteiger partial charge in [-0.15, -0.1) is 0 Å². The Bertz CT molecular complexity index is 634. The third-order valence-corrected chi connectivity index (χ3v) is 6.12. The first-order valence-corrected chi connectivity index (χ1v) is 14.0. The molecule has 5 nitrogen and oxygen atoms in total. The number of rotatable bonds is 22. The zero-order valence-corrected chi connectivity index (χ0v) is 22.3. The number of hydrogen-bond donors (Lipinski definition) is 3. The molecular formula is C29H52N2O3. The molecule has 1 aromatic rings. The highest BCUT2D eigenvalue weighted by molar-refractivity contribution is 5.78. The van der Waals surface area contributed by atoms with Gasteiger partial charge >= 0.3 is 0 Å². The quantitative estimate of drug-likeness (QED) is 0.148. The van der Waals surface area contributed by atoms with Crippen molar-refractivity contribution in [2.45, 2.75) is 130 Å². The molecule has 0 saturated heterocycles. The molecule has 0 fully saturated rings. The Morgan fingerprint density at radius 3 is 1.82 bits per heavy atom. The van der Waals surface area contributed by atoms with E-state index in [4.69, 9.17) is 4.74 Å². The van der Waals surface area contributed by atoms with Gasteiger partial charge in [-0.05, 0) is 32.4 Å². The molecule has 0 radical (unpaired) electrons. The van der Waals surface area contributed by atoms with Gasteiger partial charge in [0.2, 0.25) is 0 Å². The second-order valence-corrected chi connectivity index (χ2v) is 9.92. The van der Waals surface area contributed by atoms with Crippen molar-refractivity contribution in [3.63, 3.8) is 0 Å². The molecule has 0 aromatic heterocycles. The van der Waals surface area contributed by atoms with E-state index >= 15 is 0 Å². The summed E-state index contributed by atoms with van der Waals surface area (Å²) in [6, 6.07) is 5.02. The van der Waals surface area contributed by atoms with E-state index in [1.807, 2.05) is 13.8 Å². The van der Waals surface area contributed by atoms with Crippen LogP contribution in [0.5, 0.6) is 11.5 Å². The molecule has 0 unspecified atom stereocenters. The van der Waals surface area contributed by atoms with Crippen LogP contribution >= 0.6 is 0 Å². The standard InChI is InChI=1S/C29H52N2O3/c1-4-5-6-7-8-9-10-11-12-13-14-15-16-17-18-19-22-30-27-23-26(32)20-21-28(27)34-24-29(33)31-25(2)3/h20-21,23,25,30,32H,4-19,22,24H2,1-3H3,(H,31,33). The van der Waals surface area contributed by atoms with E-state index in [-0.39, 0.29) is 24.3 Å². The molecule has 1 aromatic carbocycles. The molecule has 196 valence electrons. The maximum Gasteiger partial charge on any atom is 0.258 e. The molecule has 0 bridgehead atoms. The number of carbonyl (C=O) groups excluding carboxylic acids is 1. The van der Waals surface area contributed by atoms with Crippen molar-refractivity contribution in [1.29, 1.82) is 0 Å². The Kier molecular flexibility index (Phi) is 18.1. The predicted molar refractivity (Wildman–Crippen MR) is 145 cm³/mol. The van der Waals surface area contributed by atoms with Crippen LogP contribution in [0, 0.1) is 0 Å². The van der Waals surface area contributed by atoms with Crippen LogP contribution < -0.4 is 15.4 Å². The fourth-order valence-electron chi connectivity index (χ4n) is 4.19. The first-order chi connectivity index (χ1) is 16.5. The van der Waals surface area contributed by atoms with Crippen molar-refractivity contribution in [2.75, 3.05) is 18.5 Å². The molecule has 0 heterocycles. The molecular weight excluding hydrogens is 424 g/mol. The van der Waals surface area contributed by atoms with Crippen molar-refractivity contribution in [3.8, 4) is 11.5 Å². The predicted octanol–water partition coefficient (Wildman–Crippen LogP) is 7.97. The Morgan fingerprint density at radius 1 is 0.824 bits per heavy atom. The minimum atomic E-state index is -0.146.